The van der Waals surface area contributed by atoms with E-state index in [2.05, 4.69) is 12.2 Å². The number of benzene rings is 1. The molecule has 0 saturated heterocycles. The summed E-state index contributed by atoms with van der Waals surface area (Å²) in [5.41, 5.74) is 0.801. The summed E-state index contributed by atoms with van der Waals surface area (Å²) in [5, 5.41) is 14.1. The maximum atomic E-state index is 10.8. The highest BCUT2D eigenvalue weighted by Gasteiger charge is 2.23. The number of hydrogen-bond acceptors (Lipinski definition) is 3. The molecule has 1 fully saturated rings. The van der Waals surface area contributed by atoms with Crippen LogP contribution in [0.4, 0.5) is 11.4 Å². The van der Waals surface area contributed by atoms with Crippen LogP contribution in [0.15, 0.2) is 24.3 Å². The summed E-state index contributed by atoms with van der Waals surface area (Å²) in [7, 11) is 0. The molecule has 0 aromatic heterocycles. The van der Waals surface area contributed by atoms with Gasteiger partial charge in [0.25, 0.3) is 5.69 Å². The second-order valence-electron chi connectivity index (χ2n) is 4.82. The lowest BCUT2D eigenvalue weighted by molar-refractivity contribution is -0.384. The van der Waals surface area contributed by atoms with Crippen molar-refractivity contribution in [3.05, 3.63) is 34.4 Å². The fourth-order valence-corrected chi connectivity index (χ4v) is 2.55. The van der Waals surface area contributed by atoms with Gasteiger partial charge in [0.05, 0.1) is 4.92 Å². The van der Waals surface area contributed by atoms with Gasteiger partial charge in [0.1, 0.15) is 5.69 Å². The van der Waals surface area contributed by atoms with Crippen LogP contribution in [0.25, 0.3) is 0 Å². The molecule has 1 N–H and O–H groups in total. The zero-order valence-electron chi connectivity index (χ0n) is 10.1. The van der Waals surface area contributed by atoms with Crippen molar-refractivity contribution in [2.75, 3.05) is 11.9 Å². The van der Waals surface area contributed by atoms with Crippen LogP contribution in [0.2, 0.25) is 0 Å². The molecule has 0 spiro atoms. The van der Waals surface area contributed by atoms with E-state index in [1.165, 1.54) is 19.3 Å². The molecule has 2 rings (SSSR count). The van der Waals surface area contributed by atoms with Gasteiger partial charge in [-0.25, -0.2) is 0 Å². The Morgan fingerprint density at radius 3 is 2.82 bits per heavy atom. The van der Waals surface area contributed by atoms with E-state index in [1.54, 1.807) is 18.2 Å². The Bertz CT molecular complexity index is 406. The van der Waals surface area contributed by atoms with Crippen molar-refractivity contribution in [2.45, 2.75) is 26.2 Å². The Kier molecular flexibility index (Phi) is 3.61. The summed E-state index contributed by atoms with van der Waals surface area (Å²) in [6, 6.07) is 6.84. The lowest BCUT2D eigenvalue weighted by atomic mass is 9.98. The van der Waals surface area contributed by atoms with E-state index in [-0.39, 0.29) is 10.6 Å². The van der Waals surface area contributed by atoms with Crippen molar-refractivity contribution in [2.24, 2.45) is 11.8 Å². The van der Waals surface area contributed by atoms with Crippen LogP contribution < -0.4 is 5.32 Å². The molecular formula is C13H18N2O2. The number of nitro benzene ring substituents is 1. The first kappa shape index (κ1) is 11.9. The van der Waals surface area contributed by atoms with E-state index < -0.39 is 0 Å². The average molecular weight is 234 g/mol. The number of hydrogen-bond donors (Lipinski definition) is 1. The van der Waals surface area contributed by atoms with Crippen molar-refractivity contribution in [1.29, 1.82) is 0 Å². The fourth-order valence-electron chi connectivity index (χ4n) is 2.55. The monoisotopic (exact) mass is 234 g/mol. The molecule has 1 aliphatic carbocycles. The molecule has 1 aliphatic rings. The van der Waals surface area contributed by atoms with Crippen molar-refractivity contribution in [3.8, 4) is 0 Å². The molecule has 1 aromatic rings. The third-order valence-electron chi connectivity index (χ3n) is 3.69. The first-order valence-corrected chi connectivity index (χ1v) is 6.16. The summed E-state index contributed by atoms with van der Waals surface area (Å²) in [6.07, 6.45) is 3.79. The number of anilines is 1. The standard InChI is InChI=1S/C13H18N2O2/c1-10-5-4-6-11(10)9-14-12-7-2-3-8-13(12)15(16)17/h2-3,7-8,10-11,14H,4-6,9H2,1H3. The third kappa shape index (κ3) is 2.75. The lowest BCUT2D eigenvalue weighted by Gasteiger charge is -2.16. The molecule has 0 heterocycles. The van der Waals surface area contributed by atoms with Gasteiger partial charge in [0.15, 0.2) is 0 Å². The first-order chi connectivity index (χ1) is 8.18. The quantitative estimate of drug-likeness (QED) is 0.641. The smallest absolute Gasteiger partial charge is 0.292 e. The van der Waals surface area contributed by atoms with Gasteiger partial charge in [0, 0.05) is 12.6 Å². The number of para-hydroxylation sites is 2. The van der Waals surface area contributed by atoms with Crippen LogP contribution >= 0.6 is 0 Å². The van der Waals surface area contributed by atoms with E-state index in [0.29, 0.717) is 11.6 Å². The van der Waals surface area contributed by atoms with Crippen LogP contribution in [0.5, 0.6) is 0 Å². The van der Waals surface area contributed by atoms with Crippen LogP contribution in [-0.4, -0.2) is 11.5 Å². The third-order valence-corrected chi connectivity index (χ3v) is 3.69. The highest BCUT2D eigenvalue weighted by atomic mass is 16.6. The van der Waals surface area contributed by atoms with E-state index in [1.807, 2.05) is 6.07 Å². The highest BCUT2D eigenvalue weighted by Crippen LogP contribution is 2.32. The summed E-state index contributed by atoms with van der Waals surface area (Å²) in [6.45, 7) is 3.10. The Balaban J connectivity index is 2.01. The van der Waals surface area contributed by atoms with Crippen molar-refractivity contribution in [3.63, 3.8) is 0 Å². The Morgan fingerprint density at radius 1 is 1.41 bits per heavy atom. The van der Waals surface area contributed by atoms with Crippen LogP contribution in [0.1, 0.15) is 26.2 Å². The molecule has 17 heavy (non-hydrogen) atoms. The van der Waals surface area contributed by atoms with Gasteiger partial charge < -0.3 is 5.32 Å². The second-order valence-corrected chi connectivity index (χ2v) is 4.82. The Morgan fingerprint density at radius 2 is 2.18 bits per heavy atom. The zero-order chi connectivity index (χ0) is 12.3. The van der Waals surface area contributed by atoms with Gasteiger partial charge in [-0.15, -0.1) is 0 Å². The fraction of sp³-hybridized carbons (Fsp3) is 0.538. The summed E-state index contributed by atoms with van der Waals surface area (Å²) >= 11 is 0. The summed E-state index contributed by atoms with van der Waals surface area (Å²) in [5.74, 6) is 1.38. The van der Waals surface area contributed by atoms with E-state index in [9.17, 15) is 10.1 Å². The first-order valence-electron chi connectivity index (χ1n) is 6.16. The predicted octanol–water partition coefficient (Wildman–Crippen LogP) is 3.44. The minimum atomic E-state index is -0.333. The van der Waals surface area contributed by atoms with Crippen LogP contribution in [0.3, 0.4) is 0 Å². The van der Waals surface area contributed by atoms with Crippen LogP contribution in [0, 0.1) is 22.0 Å². The normalized spacial score (nSPS) is 23.6. The van der Waals surface area contributed by atoms with E-state index in [4.69, 9.17) is 0 Å². The van der Waals surface area contributed by atoms with Crippen LogP contribution in [-0.2, 0) is 0 Å². The number of nitro groups is 1. The zero-order valence-corrected chi connectivity index (χ0v) is 10.1. The topological polar surface area (TPSA) is 55.2 Å². The Hall–Kier alpha value is -1.58. The summed E-state index contributed by atoms with van der Waals surface area (Å²) < 4.78 is 0. The van der Waals surface area contributed by atoms with Gasteiger partial charge in [0.2, 0.25) is 0 Å². The minimum Gasteiger partial charge on any atom is -0.379 e. The van der Waals surface area contributed by atoms with Crippen molar-refractivity contribution < 1.29 is 4.92 Å². The van der Waals surface area contributed by atoms with Crippen molar-refractivity contribution in [1.82, 2.24) is 0 Å². The maximum Gasteiger partial charge on any atom is 0.292 e. The molecule has 2 unspecified atom stereocenters. The number of rotatable bonds is 4. The number of nitrogens with one attached hydrogen (secondary N) is 1. The lowest BCUT2D eigenvalue weighted by Crippen LogP contribution is -2.16. The molecule has 1 aromatic carbocycles. The highest BCUT2D eigenvalue weighted by molar-refractivity contribution is 5.61. The van der Waals surface area contributed by atoms with Crippen molar-refractivity contribution >= 4 is 11.4 Å². The molecule has 92 valence electrons. The average Bonchev–Trinajstić information content (AvgIpc) is 2.72. The van der Waals surface area contributed by atoms with Gasteiger partial charge in [-0.05, 0) is 24.3 Å². The number of nitrogens with zero attached hydrogens (tertiary/aromatic N) is 1. The predicted molar refractivity (Wildman–Crippen MR) is 68.1 cm³/mol. The molecular weight excluding hydrogens is 216 g/mol. The van der Waals surface area contributed by atoms with Gasteiger partial charge in [-0.1, -0.05) is 31.9 Å². The molecule has 0 aliphatic heterocycles. The minimum absolute atomic E-state index is 0.165. The van der Waals surface area contributed by atoms with E-state index >= 15 is 0 Å². The largest absolute Gasteiger partial charge is 0.379 e. The molecule has 1 saturated carbocycles. The van der Waals surface area contributed by atoms with Gasteiger partial charge in [-0.2, -0.15) is 0 Å². The molecule has 2 atom stereocenters. The maximum absolute atomic E-state index is 10.8. The van der Waals surface area contributed by atoms with Gasteiger partial charge >= 0.3 is 0 Å². The molecule has 4 heteroatoms. The molecule has 4 nitrogen and oxygen atoms in total. The second kappa shape index (κ2) is 5.17. The summed E-state index contributed by atoms with van der Waals surface area (Å²) in [4.78, 5) is 10.5. The molecule has 0 bridgehead atoms. The van der Waals surface area contributed by atoms with Gasteiger partial charge in [-0.3, -0.25) is 10.1 Å². The molecule has 0 radical (unpaired) electrons. The molecule has 0 amide bonds. The SMILES string of the molecule is CC1CCCC1CNc1ccccc1[N+](=O)[O-]. The van der Waals surface area contributed by atoms with E-state index in [0.717, 1.165) is 12.5 Å². The Labute approximate surface area is 101 Å².